The maximum absolute atomic E-state index is 9.00. The molecule has 0 bridgehead atoms. The van der Waals surface area contributed by atoms with Crippen LogP contribution in [0.15, 0.2) is 0 Å². The summed E-state index contributed by atoms with van der Waals surface area (Å²) in [6.45, 7) is 3.50. The van der Waals surface area contributed by atoms with Crippen LogP contribution in [0.25, 0.3) is 0 Å². The van der Waals surface area contributed by atoms with Crippen LogP contribution in [0.3, 0.4) is 0 Å². The van der Waals surface area contributed by atoms with E-state index >= 15 is 0 Å². The Morgan fingerprint density at radius 2 is 1.21 bits per heavy atom. The van der Waals surface area contributed by atoms with Gasteiger partial charge in [0.05, 0.1) is 0 Å². The summed E-state index contributed by atoms with van der Waals surface area (Å²) < 4.78 is 0. The molecule has 0 aliphatic carbocycles. The number of carboxylic acid groups (broad SMARTS) is 2. The van der Waals surface area contributed by atoms with E-state index in [0.29, 0.717) is 13.3 Å². The second-order valence-electron chi connectivity index (χ2n) is 1.30. The molecule has 0 saturated heterocycles. The molecule has 0 aromatic heterocycles. The molecule has 12 heteroatoms. The quantitative estimate of drug-likeness (QED) is 0.260. The zero-order chi connectivity index (χ0) is 16.6. The van der Waals surface area contributed by atoms with E-state index in [4.69, 9.17) is 29.7 Å². The van der Waals surface area contributed by atoms with Gasteiger partial charge in [-0.15, -0.1) is 24.0 Å². The third kappa shape index (κ3) is 864. The molecule has 6 nitrogen and oxygen atoms in total. The first-order valence-corrected chi connectivity index (χ1v) is 22.4. The van der Waals surface area contributed by atoms with E-state index in [9.17, 15) is 0 Å². The van der Waals surface area contributed by atoms with Crippen molar-refractivity contribution in [3.8, 4) is 0 Å². The predicted octanol–water partition coefficient (Wildman–Crippen LogP) is -0.0619. The second-order valence-corrected chi connectivity index (χ2v) is 17.5. The van der Waals surface area contributed by atoms with Crippen LogP contribution >= 0.6 is 98.4 Å². The van der Waals surface area contributed by atoms with Crippen molar-refractivity contribution in [1.29, 1.82) is 0 Å². The number of hydrogen-bond donors (Lipinski definition) is 2. The van der Waals surface area contributed by atoms with Gasteiger partial charge in [-0.25, -0.2) is 0 Å². The van der Waals surface area contributed by atoms with E-state index in [-0.39, 0.29) is 25.4 Å². The average Bonchev–Trinajstić information content (AvgIpc) is 2.23. The standard InChI is InChI=1S/2C2H4O2.C2H4O.CH4O.I3.I2.HI/c2*1-2(3)4;1-2-3;1-2;1-3-2;1-2;/h2*1H3,(H,3,4);2H,1H3;2H,1H3;;;1H/q;;;;-1;;. The molecule has 2 N–H and O–H groups in total. The molecule has 0 fully saturated rings. The molecule has 0 aliphatic heterocycles. The van der Waals surface area contributed by atoms with Crippen molar-refractivity contribution in [1.82, 2.24) is 0 Å². The van der Waals surface area contributed by atoms with Crippen molar-refractivity contribution in [2.45, 2.75) is 20.8 Å². The van der Waals surface area contributed by atoms with Crippen LogP contribution in [-0.2, 0) is 14.4 Å². The summed E-state index contributed by atoms with van der Waals surface area (Å²) in [6.07, 6.45) is 0.750. The number of halogens is 6. The summed E-state index contributed by atoms with van der Waals surface area (Å²) >= 11 is 9.54. The van der Waals surface area contributed by atoms with Crippen LogP contribution in [0, 0.1) is 0 Å². The van der Waals surface area contributed by atoms with Gasteiger partial charge in [0.25, 0.3) is 5.97 Å². The molecule has 19 heavy (non-hydrogen) atoms. The number of carboxylic acids is 2. The molecular weight excluding hydrogens is 941 g/mol. The number of aliphatic hydroxyl groups is 1. The number of rotatable bonds is 0. The minimum absolute atomic E-state index is 0. The monoisotopic (exact) mass is 959 g/mol. The van der Waals surface area contributed by atoms with Gasteiger partial charge in [0.15, 0.2) is 0 Å². The van der Waals surface area contributed by atoms with Crippen LogP contribution in [0.1, 0.15) is 22.2 Å². The number of carbonyl (C=O) groups excluding carboxylic acids is 2. The summed E-state index contributed by atoms with van der Waals surface area (Å²) in [7, 11) is 1.00. The Morgan fingerprint density at radius 1 is 1.21 bits per heavy atom. The fraction of sp³-hybridized carbons (Fsp3) is 0.571. The Bertz CT molecular complexity index is 134. The van der Waals surface area contributed by atoms with Crippen LogP contribution in [0.5, 0.6) is 0 Å². The molecule has 0 unspecified atom stereocenters. The molecule has 0 heterocycles. The van der Waals surface area contributed by atoms with Gasteiger partial charge in [0, 0.05) is 57.2 Å². The first kappa shape index (κ1) is 43.1. The van der Waals surface area contributed by atoms with Gasteiger partial charge in [0.1, 0.15) is 6.29 Å². The Kier molecular flexibility index (Phi) is 158. The fourth-order valence-corrected chi connectivity index (χ4v) is 0. The molecule has 0 amide bonds. The topological polar surface area (TPSA) is 115 Å². The van der Waals surface area contributed by atoms with E-state index in [2.05, 4.69) is 74.5 Å². The molecule has 0 saturated carbocycles. The fourth-order valence-electron chi connectivity index (χ4n) is 0. The molecule has 124 valence electrons. The molecular formula is C7H17I6O6-. The average molecular weight is 959 g/mol. The molecule has 0 aliphatic rings. The minimum atomic E-state index is -1.08. The Balaban J connectivity index is -0.0000000144. The number of aliphatic hydroxyl groups excluding tert-OH is 1. The molecule has 0 aromatic carbocycles. The molecule has 0 aromatic rings. The van der Waals surface area contributed by atoms with Gasteiger partial charge in [-0.2, -0.15) is 0 Å². The van der Waals surface area contributed by atoms with Crippen LogP contribution in [0.2, 0.25) is 0 Å². The molecule has 0 radical (unpaired) electrons. The van der Waals surface area contributed by atoms with Crippen molar-refractivity contribution < 1.29 is 44.4 Å². The van der Waals surface area contributed by atoms with Gasteiger partial charge in [-0.3, -0.25) is 4.79 Å². The second kappa shape index (κ2) is 69.5. The van der Waals surface area contributed by atoms with Gasteiger partial charge in [0.2, 0.25) is 0 Å². The normalized spacial score (nSPS) is 5.11. The molecule has 0 atom stereocenters. The Labute approximate surface area is 185 Å². The SMILES string of the molecule is CC(=O)O.CC(=O)[O-].CC=O.CO.I.II.I[I-]I.[H+]. The van der Waals surface area contributed by atoms with Gasteiger partial charge >= 0.3 is 51.9 Å². The van der Waals surface area contributed by atoms with E-state index in [1.165, 1.54) is 6.92 Å². The van der Waals surface area contributed by atoms with E-state index in [0.717, 1.165) is 27.2 Å². The van der Waals surface area contributed by atoms with E-state index in [1.54, 1.807) is 0 Å². The predicted molar refractivity (Wildman–Crippen MR) is 116 cm³/mol. The first-order valence-electron chi connectivity index (χ1n) is 3.52. The van der Waals surface area contributed by atoms with E-state index in [1.807, 2.05) is 0 Å². The van der Waals surface area contributed by atoms with Crippen molar-refractivity contribution in [3.05, 3.63) is 0 Å². The Hall–Kier alpha value is 2.95. The number of aliphatic carboxylic acids is 2. The minimum Gasteiger partial charge on any atom is 1.00 e. The molecule has 0 rings (SSSR count). The summed E-state index contributed by atoms with van der Waals surface area (Å²) in [5.41, 5.74) is 0. The van der Waals surface area contributed by atoms with Crippen LogP contribution in [-0.4, -0.2) is 35.5 Å². The van der Waals surface area contributed by atoms with Crippen molar-refractivity contribution in [2.24, 2.45) is 0 Å². The zero-order valence-electron chi connectivity index (χ0n) is 11.4. The zero-order valence-corrected chi connectivity index (χ0v) is 23.5. The third-order valence-corrected chi connectivity index (χ3v) is 0. The number of hydrogen-bond acceptors (Lipinski definition) is 5. The number of carbonyl (C=O) groups is 3. The van der Waals surface area contributed by atoms with Gasteiger partial charge < -0.3 is 24.9 Å². The smallest absolute Gasteiger partial charge is 1.00 e. The Morgan fingerprint density at radius 3 is 1.21 bits per heavy atom. The van der Waals surface area contributed by atoms with Crippen LogP contribution in [0.4, 0.5) is 0 Å². The maximum Gasteiger partial charge on any atom is 1.00 e. The van der Waals surface area contributed by atoms with Crippen LogP contribution < -0.4 is 18.4 Å². The summed E-state index contributed by atoms with van der Waals surface area (Å²) in [5.74, 6) is -1.92. The van der Waals surface area contributed by atoms with E-state index < -0.39 is 11.9 Å². The number of aldehydes is 1. The van der Waals surface area contributed by atoms with Gasteiger partial charge in [-0.1, -0.05) is 0 Å². The van der Waals surface area contributed by atoms with Crippen molar-refractivity contribution >= 4 is 117 Å². The maximum atomic E-state index is 9.00. The van der Waals surface area contributed by atoms with Gasteiger partial charge in [-0.05, 0) is 13.8 Å². The summed E-state index contributed by atoms with van der Waals surface area (Å²) in [6, 6.07) is 0. The summed E-state index contributed by atoms with van der Waals surface area (Å²) in [5, 5.41) is 23.3. The summed E-state index contributed by atoms with van der Waals surface area (Å²) in [4.78, 5) is 26.7. The van der Waals surface area contributed by atoms with Crippen molar-refractivity contribution in [2.75, 3.05) is 7.11 Å². The third-order valence-electron chi connectivity index (χ3n) is 0. The largest absolute Gasteiger partial charge is 1.00 e. The first-order chi connectivity index (χ1) is 8.29. The van der Waals surface area contributed by atoms with Crippen molar-refractivity contribution in [3.63, 3.8) is 0 Å². The molecule has 0 spiro atoms.